The van der Waals surface area contributed by atoms with E-state index in [1.54, 1.807) is 0 Å². The maximum atomic E-state index is 12.2. The van der Waals surface area contributed by atoms with Crippen molar-refractivity contribution in [3.05, 3.63) is 48.0 Å². The molecule has 0 atom stereocenters. The second kappa shape index (κ2) is 7.90. The summed E-state index contributed by atoms with van der Waals surface area (Å²) in [5, 5.41) is 2.33. The van der Waals surface area contributed by atoms with Gasteiger partial charge in [-0.25, -0.2) is 0 Å². The average molecular weight is 397 g/mol. The number of carbonyl (C=O) groups is 1. The van der Waals surface area contributed by atoms with Crippen molar-refractivity contribution in [3.8, 4) is 0 Å². The molecule has 0 aliphatic rings. The zero-order valence-electron chi connectivity index (χ0n) is 13.1. The van der Waals surface area contributed by atoms with Crippen molar-refractivity contribution >= 4 is 16.6 Å². The standard InChI is InChI=1S/C18H24NO.HI/c1-19(2,3)13-7-6-10-18(20)17-12-11-15-8-4-5-9-16(15)14-17;/h4-5,8-9,11-12,14H,6-7,10,13H2,1-3H3;1H/q+1;/p-1. The minimum atomic E-state index is 0. The van der Waals surface area contributed by atoms with Crippen molar-refractivity contribution in [1.82, 2.24) is 0 Å². The summed E-state index contributed by atoms with van der Waals surface area (Å²) in [4.78, 5) is 12.2. The Balaban J connectivity index is 0.00000220. The van der Waals surface area contributed by atoms with E-state index in [-0.39, 0.29) is 29.8 Å². The molecule has 3 heteroatoms. The number of unbranched alkanes of at least 4 members (excludes halogenated alkanes) is 1. The van der Waals surface area contributed by atoms with E-state index in [1.165, 1.54) is 5.39 Å². The fourth-order valence-electron chi connectivity index (χ4n) is 2.38. The zero-order valence-corrected chi connectivity index (χ0v) is 15.3. The van der Waals surface area contributed by atoms with Crippen molar-refractivity contribution in [1.29, 1.82) is 0 Å². The lowest BCUT2D eigenvalue weighted by Gasteiger charge is -2.23. The first kappa shape index (κ1) is 18.1. The highest BCUT2D eigenvalue weighted by Crippen LogP contribution is 2.17. The van der Waals surface area contributed by atoms with Crippen LogP contribution in [0, 0.1) is 0 Å². The van der Waals surface area contributed by atoms with Gasteiger partial charge in [-0.2, -0.15) is 0 Å². The van der Waals surface area contributed by atoms with Crippen LogP contribution in [0.25, 0.3) is 10.8 Å². The van der Waals surface area contributed by atoms with Gasteiger partial charge in [0.05, 0.1) is 27.7 Å². The Morgan fingerprint density at radius 3 is 2.29 bits per heavy atom. The van der Waals surface area contributed by atoms with Crippen LogP contribution in [0.5, 0.6) is 0 Å². The summed E-state index contributed by atoms with van der Waals surface area (Å²) in [5.74, 6) is 0.261. The summed E-state index contributed by atoms with van der Waals surface area (Å²) >= 11 is 0. The molecule has 114 valence electrons. The van der Waals surface area contributed by atoms with Crippen LogP contribution >= 0.6 is 0 Å². The van der Waals surface area contributed by atoms with Crippen LogP contribution in [0.2, 0.25) is 0 Å². The molecule has 0 fully saturated rings. The molecule has 2 rings (SSSR count). The first-order chi connectivity index (χ1) is 9.46. The molecular formula is C18H24INO. The summed E-state index contributed by atoms with van der Waals surface area (Å²) < 4.78 is 0.962. The number of nitrogens with zero attached hydrogens (tertiary/aromatic N) is 1. The molecule has 2 nitrogen and oxygen atoms in total. The molecule has 0 spiro atoms. The number of benzene rings is 2. The van der Waals surface area contributed by atoms with Crippen LogP contribution in [-0.4, -0.2) is 38.0 Å². The predicted octanol–water partition coefficient (Wildman–Crippen LogP) is 0.903. The van der Waals surface area contributed by atoms with Gasteiger partial charge in [0.25, 0.3) is 0 Å². The average Bonchev–Trinajstić information content (AvgIpc) is 2.42. The molecule has 21 heavy (non-hydrogen) atoms. The highest BCUT2D eigenvalue weighted by atomic mass is 127. The van der Waals surface area contributed by atoms with Crippen LogP contribution < -0.4 is 24.0 Å². The number of rotatable bonds is 6. The zero-order chi connectivity index (χ0) is 14.6. The number of halogens is 1. The lowest BCUT2D eigenvalue weighted by molar-refractivity contribution is -0.870. The number of Topliss-reactive ketones (excluding diaryl/α,β-unsaturated/α-hetero) is 1. The molecule has 0 bridgehead atoms. The van der Waals surface area contributed by atoms with Crippen molar-refractivity contribution in [2.75, 3.05) is 27.7 Å². The largest absolute Gasteiger partial charge is 1.00 e. The SMILES string of the molecule is C[N+](C)(C)CCCCC(=O)c1ccc2ccccc2c1.[I-]. The number of carbonyl (C=O) groups excluding carboxylic acids is 1. The van der Waals surface area contributed by atoms with E-state index < -0.39 is 0 Å². The maximum absolute atomic E-state index is 12.2. The third kappa shape index (κ3) is 5.75. The third-order valence-electron chi connectivity index (χ3n) is 3.55. The highest BCUT2D eigenvalue weighted by Gasteiger charge is 2.09. The topological polar surface area (TPSA) is 17.1 Å². The van der Waals surface area contributed by atoms with Crippen molar-refractivity contribution < 1.29 is 33.3 Å². The van der Waals surface area contributed by atoms with E-state index in [0.29, 0.717) is 6.42 Å². The highest BCUT2D eigenvalue weighted by molar-refractivity contribution is 5.99. The molecular weight excluding hydrogens is 373 g/mol. The Labute approximate surface area is 144 Å². The van der Waals surface area contributed by atoms with Gasteiger partial charge in [-0.3, -0.25) is 4.79 Å². The number of hydrogen-bond donors (Lipinski definition) is 0. The van der Waals surface area contributed by atoms with Crippen LogP contribution in [0.1, 0.15) is 29.6 Å². The van der Waals surface area contributed by atoms with E-state index in [4.69, 9.17) is 0 Å². The van der Waals surface area contributed by atoms with Gasteiger partial charge in [-0.1, -0.05) is 36.4 Å². The molecule has 0 unspecified atom stereocenters. The Bertz CT molecular complexity index is 601. The van der Waals surface area contributed by atoms with E-state index in [0.717, 1.165) is 34.8 Å². The Morgan fingerprint density at radius 1 is 0.952 bits per heavy atom. The van der Waals surface area contributed by atoms with Gasteiger partial charge >= 0.3 is 0 Å². The van der Waals surface area contributed by atoms with Crippen molar-refractivity contribution in [2.45, 2.75) is 19.3 Å². The predicted molar refractivity (Wildman–Crippen MR) is 85.0 cm³/mol. The molecule has 2 aromatic carbocycles. The van der Waals surface area contributed by atoms with Gasteiger partial charge in [0, 0.05) is 12.0 Å². The summed E-state index contributed by atoms with van der Waals surface area (Å²) in [5.41, 5.74) is 0.842. The fraction of sp³-hybridized carbons (Fsp3) is 0.389. The Hall–Kier alpha value is -0.940. The summed E-state index contributed by atoms with van der Waals surface area (Å²) in [6, 6.07) is 14.2. The maximum Gasteiger partial charge on any atom is 0.162 e. The van der Waals surface area contributed by atoms with Crippen molar-refractivity contribution in [3.63, 3.8) is 0 Å². The minimum absolute atomic E-state index is 0. The molecule has 0 saturated heterocycles. The lowest BCUT2D eigenvalue weighted by atomic mass is 10.0. The second-order valence-electron chi connectivity index (χ2n) is 6.46. The van der Waals surface area contributed by atoms with Crippen LogP contribution in [0.3, 0.4) is 0 Å². The quantitative estimate of drug-likeness (QED) is 0.307. The smallest absolute Gasteiger partial charge is 0.162 e. The Kier molecular flexibility index (Phi) is 6.81. The third-order valence-corrected chi connectivity index (χ3v) is 3.55. The molecule has 0 radical (unpaired) electrons. The van der Waals surface area contributed by atoms with E-state index in [9.17, 15) is 4.79 Å². The van der Waals surface area contributed by atoms with Gasteiger partial charge in [0.15, 0.2) is 5.78 Å². The first-order valence-electron chi connectivity index (χ1n) is 7.28. The first-order valence-corrected chi connectivity index (χ1v) is 7.28. The van der Waals surface area contributed by atoms with E-state index >= 15 is 0 Å². The molecule has 0 amide bonds. The van der Waals surface area contributed by atoms with Crippen molar-refractivity contribution in [2.24, 2.45) is 0 Å². The molecule has 0 aromatic heterocycles. The molecule has 2 aromatic rings. The van der Waals surface area contributed by atoms with Gasteiger partial charge < -0.3 is 28.5 Å². The minimum Gasteiger partial charge on any atom is -1.00 e. The number of quaternary nitrogens is 1. The van der Waals surface area contributed by atoms with Crippen LogP contribution in [0.15, 0.2) is 42.5 Å². The number of fused-ring (bicyclic) bond motifs is 1. The summed E-state index contributed by atoms with van der Waals surface area (Å²) in [7, 11) is 6.56. The molecule has 0 N–H and O–H groups in total. The molecule has 0 heterocycles. The lowest BCUT2D eigenvalue weighted by Crippen LogP contribution is -3.00. The molecule has 0 saturated carbocycles. The normalized spacial score (nSPS) is 11.2. The molecule has 0 aliphatic heterocycles. The molecule has 0 aliphatic carbocycles. The monoisotopic (exact) mass is 397 g/mol. The Morgan fingerprint density at radius 2 is 1.62 bits per heavy atom. The van der Waals surface area contributed by atoms with Gasteiger partial charge in [-0.15, -0.1) is 0 Å². The van der Waals surface area contributed by atoms with E-state index in [2.05, 4.69) is 33.3 Å². The summed E-state index contributed by atoms with van der Waals surface area (Å²) in [6.45, 7) is 1.12. The van der Waals surface area contributed by atoms with Gasteiger partial charge in [0.1, 0.15) is 0 Å². The number of ketones is 1. The second-order valence-corrected chi connectivity index (χ2v) is 6.46. The summed E-state index contributed by atoms with van der Waals surface area (Å²) in [6.07, 6.45) is 2.72. The van der Waals surface area contributed by atoms with E-state index in [1.807, 2.05) is 30.3 Å². The van der Waals surface area contributed by atoms with Gasteiger partial charge in [-0.05, 0) is 29.7 Å². The van der Waals surface area contributed by atoms with Gasteiger partial charge in [0.2, 0.25) is 0 Å². The fourth-order valence-corrected chi connectivity index (χ4v) is 2.38. The van der Waals surface area contributed by atoms with Crippen LogP contribution in [0.4, 0.5) is 0 Å². The van der Waals surface area contributed by atoms with Crippen LogP contribution in [-0.2, 0) is 0 Å². The number of hydrogen-bond acceptors (Lipinski definition) is 1.